The number of allylic oxidation sites excluding steroid dienone is 4. The van der Waals surface area contributed by atoms with Gasteiger partial charge in [-0.2, -0.15) is 9.65 Å². The molecule has 3 nitrogen and oxygen atoms in total. The Morgan fingerprint density at radius 3 is 2.38 bits per heavy atom. The molecule has 0 aliphatic heterocycles. The highest BCUT2D eigenvalue weighted by atomic mass is 19.4. The molecular formula is C19H19F4NO2. The first-order valence-electron chi connectivity index (χ1n) is 8.26. The molecule has 1 aliphatic carbocycles. The van der Waals surface area contributed by atoms with Gasteiger partial charge in [-0.15, -0.1) is 13.2 Å². The number of rotatable bonds is 6. The Morgan fingerprint density at radius 1 is 1.15 bits per heavy atom. The third kappa shape index (κ3) is 7.28. The predicted molar refractivity (Wildman–Crippen MR) is 87.6 cm³/mol. The maximum absolute atomic E-state index is 12.7. The van der Waals surface area contributed by atoms with Crippen LogP contribution < -0.4 is 4.74 Å². The quantitative estimate of drug-likeness (QED) is 0.373. The number of nitriles is 1. The fraction of sp³-hybridized carbons (Fsp3) is 0.421. The van der Waals surface area contributed by atoms with Gasteiger partial charge in [0.1, 0.15) is 11.8 Å². The van der Waals surface area contributed by atoms with Crippen molar-refractivity contribution in [3.63, 3.8) is 0 Å². The maximum Gasteiger partial charge on any atom is 0.573 e. The summed E-state index contributed by atoms with van der Waals surface area (Å²) in [5.74, 6) is -0.739. The number of benzene rings is 1. The van der Waals surface area contributed by atoms with Crippen LogP contribution in [0, 0.1) is 17.2 Å². The van der Waals surface area contributed by atoms with Crippen LogP contribution in [0.15, 0.2) is 48.3 Å². The van der Waals surface area contributed by atoms with Crippen LogP contribution in [0.1, 0.15) is 31.2 Å². The Balaban J connectivity index is 1.72. The Hall–Kier alpha value is -2.33. The minimum Gasteiger partial charge on any atom is -0.406 e. The van der Waals surface area contributed by atoms with E-state index >= 15 is 0 Å². The minimum absolute atomic E-state index is 0.0946. The third-order valence-corrected chi connectivity index (χ3v) is 4.09. The summed E-state index contributed by atoms with van der Waals surface area (Å²) in [4.78, 5) is 0. The van der Waals surface area contributed by atoms with Crippen LogP contribution in [0.4, 0.5) is 17.6 Å². The highest BCUT2D eigenvalue weighted by Gasteiger charge is 2.31. The molecule has 0 spiro atoms. The van der Waals surface area contributed by atoms with Gasteiger partial charge in [0.25, 0.3) is 0 Å². The fourth-order valence-corrected chi connectivity index (χ4v) is 2.78. The van der Waals surface area contributed by atoms with Crippen LogP contribution in [-0.4, -0.2) is 12.5 Å². The van der Waals surface area contributed by atoms with Crippen molar-refractivity contribution in [3.8, 4) is 11.8 Å². The highest BCUT2D eigenvalue weighted by Crippen LogP contribution is 2.28. The molecule has 26 heavy (non-hydrogen) atoms. The van der Waals surface area contributed by atoms with Crippen LogP contribution in [-0.2, 0) is 11.3 Å². The molecule has 7 heteroatoms. The molecule has 1 fully saturated rings. The van der Waals surface area contributed by atoms with Crippen molar-refractivity contribution in [3.05, 3.63) is 53.9 Å². The topological polar surface area (TPSA) is 42.2 Å². The number of alkyl halides is 3. The second kappa shape index (κ2) is 9.39. The molecule has 1 aromatic rings. The predicted octanol–water partition coefficient (Wildman–Crippen LogP) is 5.59. The van der Waals surface area contributed by atoms with Crippen LogP contribution in [0.5, 0.6) is 5.75 Å². The molecule has 1 aliphatic rings. The van der Waals surface area contributed by atoms with Crippen molar-refractivity contribution < 1.29 is 27.0 Å². The SMILES string of the molecule is N#C/C(F)=C/C=C/C1CCC(OCc2ccc(OC(F)(F)F)cc2)CC1. The molecule has 0 unspecified atom stereocenters. The summed E-state index contributed by atoms with van der Waals surface area (Å²) in [6, 6.07) is 7.04. The number of hydrogen-bond donors (Lipinski definition) is 0. The smallest absolute Gasteiger partial charge is 0.406 e. The zero-order chi connectivity index (χ0) is 19.0. The third-order valence-electron chi connectivity index (χ3n) is 4.09. The molecule has 1 aromatic carbocycles. The molecule has 0 heterocycles. The Kier molecular flexibility index (Phi) is 7.22. The van der Waals surface area contributed by atoms with Gasteiger partial charge in [0.05, 0.1) is 12.7 Å². The lowest BCUT2D eigenvalue weighted by Crippen LogP contribution is -2.20. The van der Waals surface area contributed by atoms with Crippen LogP contribution in [0.3, 0.4) is 0 Å². The summed E-state index contributed by atoms with van der Waals surface area (Å²) in [6.45, 7) is 0.327. The van der Waals surface area contributed by atoms with Crippen LogP contribution >= 0.6 is 0 Å². The standard InChI is InChI=1S/C19H19F4NO2/c20-16(12-24)3-1-2-14-4-8-17(9-5-14)25-13-15-6-10-18(11-7-15)26-19(21,22)23/h1-3,6-7,10-11,14,17H,4-5,8-9,13H2/b2-1+,16-3-. The summed E-state index contributed by atoms with van der Waals surface area (Å²) >= 11 is 0. The van der Waals surface area contributed by atoms with E-state index in [2.05, 4.69) is 4.74 Å². The second-order valence-corrected chi connectivity index (χ2v) is 6.05. The van der Waals surface area contributed by atoms with Crippen molar-refractivity contribution in [1.29, 1.82) is 5.26 Å². The Labute approximate surface area is 149 Å². The van der Waals surface area contributed by atoms with E-state index in [1.54, 1.807) is 18.2 Å². The number of nitrogens with zero attached hydrogens (tertiary/aromatic N) is 1. The van der Waals surface area contributed by atoms with Gasteiger partial charge in [-0.05, 0) is 55.4 Å². The highest BCUT2D eigenvalue weighted by molar-refractivity contribution is 5.27. The van der Waals surface area contributed by atoms with E-state index in [4.69, 9.17) is 10.00 Å². The molecule has 0 bridgehead atoms. The summed E-state index contributed by atoms with van der Waals surface area (Å²) in [5, 5.41) is 8.32. The largest absolute Gasteiger partial charge is 0.573 e. The Bertz CT molecular complexity index is 666. The van der Waals surface area contributed by atoms with E-state index in [-0.39, 0.29) is 11.9 Å². The van der Waals surface area contributed by atoms with Gasteiger partial charge < -0.3 is 9.47 Å². The monoisotopic (exact) mass is 369 g/mol. The molecule has 140 valence electrons. The average molecular weight is 369 g/mol. The van der Waals surface area contributed by atoms with Crippen LogP contribution in [0.2, 0.25) is 0 Å². The number of hydrogen-bond acceptors (Lipinski definition) is 3. The Morgan fingerprint density at radius 2 is 1.81 bits per heavy atom. The first-order chi connectivity index (χ1) is 12.4. The summed E-state index contributed by atoms with van der Waals surface area (Å²) < 4.78 is 58.7. The zero-order valence-corrected chi connectivity index (χ0v) is 14.0. The van der Waals surface area contributed by atoms with E-state index in [0.717, 1.165) is 37.3 Å². The lowest BCUT2D eigenvalue weighted by Gasteiger charge is -2.26. The van der Waals surface area contributed by atoms with Crippen molar-refractivity contribution in [2.45, 2.75) is 44.8 Å². The molecule has 0 amide bonds. The van der Waals surface area contributed by atoms with Gasteiger partial charge in [0.15, 0.2) is 5.83 Å². The summed E-state index contributed by atoms with van der Waals surface area (Å²) in [6.07, 6.45) is 3.53. The summed E-state index contributed by atoms with van der Waals surface area (Å²) in [5.41, 5.74) is 0.777. The molecular weight excluding hydrogens is 350 g/mol. The van der Waals surface area contributed by atoms with E-state index < -0.39 is 12.2 Å². The molecule has 0 N–H and O–H groups in total. The molecule has 0 aromatic heterocycles. The van der Waals surface area contributed by atoms with E-state index in [9.17, 15) is 17.6 Å². The van der Waals surface area contributed by atoms with Crippen molar-refractivity contribution in [2.24, 2.45) is 5.92 Å². The first-order valence-corrected chi connectivity index (χ1v) is 8.26. The summed E-state index contributed by atoms with van der Waals surface area (Å²) in [7, 11) is 0. The van der Waals surface area contributed by atoms with Gasteiger partial charge in [-0.1, -0.05) is 24.3 Å². The molecule has 0 saturated heterocycles. The lowest BCUT2D eigenvalue weighted by molar-refractivity contribution is -0.274. The van der Waals surface area contributed by atoms with Gasteiger partial charge in [-0.25, -0.2) is 0 Å². The minimum atomic E-state index is -4.69. The molecule has 0 radical (unpaired) electrons. The maximum atomic E-state index is 12.7. The van der Waals surface area contributed by atoms with Gasteiger partial charge >= 0.3 is 6.36 Å². The average Bonchev–Trinajstić information content (AvgIpc) is 2.61. The molecule has 1 saturated carbocycles. The number of ether oxygens (including phenoxy) is 2. The van der Waals surface area contributed by atoms with E-state index in [1.807, 2.05) is 6.08 Å². The van der Waals surface area contributed by atoms with Crippen LogP contribution in [0.25, 0.3) is 0 Å². The lowest BCUT2D eigenvalue weighted by atomic mass is 9.87. The van der Waals surface area contributed by atoms with Crippen molar-refractivity contribution in [1.82, 2.24) is 0 Å². The zero-order valence-electron chi connectivity index (χ0n) is 14.0. The first kappa shape index (κ1) is 20.0. The molecule has 0 atom stereocenters. The van der Waals surface area contributed by atoms with E-state index in [0.29, 0.717) is 12.5 Å². The van der Waals surface area contributed by atoms with Gasteiger partial charge in [0.2, 0.25) is 0 Å². The van der Waals surface area contributed by atoms with Gasteiger partial charge in [-0.3, -0.25) is 0 Å². The second-order valence-electron chi connectivity index (χ2n) is 6.05. The van der Waals surface area contributed by atoms with Crippen molar-refractivity contribution >= 4 is 0 Å². The molecule has 2 rings (SSSR count). The fourth-order valence-electron chi connectivity index (χ4n) is 2.78. The normalized spacial score (nSPS) is 21.6. The van der Waals surface area contributed by atoms with Crippen molar-refractivity contribution in [2.75, 3.05) is 0 Å². The van der Waals surface area contributed by atoms with Gasteiger partial charge in [0, 0.05) is 0 Å². The van der Waals surface area contributed by atoms with E-state index in [1.165, 1.54) is 18.2 Å². The number of halogens is 4.